The van der Waals surface area contributed by atoms with Gasteiger partial charge in [-0.3, -0.25) is 0 Å². The summed E-state index contributed by atoms with van der Waals surface area (Å²) in [6.45, 7) is 5.14. The zero-order valence-electron chi connectivity index (χ0n) is 18.0. The molecule has 2 saturated carbocycles. The smallest absolute Gasteiger partial charge is 0.414 e. The lowest BCUT2D eigenvalue weighted by Gasteiger charge is -2.56. The summed E-state index contributed by atoms with van der Waals surface area (Å²) in [6.07, 6.45) is 19.2. The van der Waals surface area contributed by atoms with Crippen molar-refractivity contribution in [3.63, 3.8) is 0 Å². The number of carbonyl (C=O) groups is 4. The fourth-order valence-corrected chi connectivity index (χ4v) is 6.18. The van der Waals surface area contributed by atoms with Crippen molar-refractivity contribution in [1.82, 2.24) is 0 Å². The van der Waals surface area contributed by atoms with Crippen LogP contribution in [0.3, 0.4) is 0 Å². The highest BCUT2D eigenvalue weighted by Crippen LogP contribution is 2.63. The van der Waals surface area contributed by atoms with Crippen LogP contribution in [-0.2, 0) is 19.2 Å². The summed E-state index contributed by atoms with van der Waals surface area (Å²) in [7, 11) is 0. The van der Waals surface area contributed by atoms with Gasteiger partial charge in [0.1, 0.15) is 0 Å². The van der Waals surface area contributed by atoms with Crippen molar-refractivity contribution < 1.29 is 39.6 Å². The summed E-state index contributed by atoms with van der Waals surface area (Å²) in [5.74, 6) is -4.39. The van der Waals surface area contributed by atoms with Crippen molar-refractivity contribution in [2.75, 3.05) is 0 Å². The van der Waals surface area contributed by atoms with E-state index in [1.807, 2.05) is 5.57 Å². The molecule has 0 spiro atoms. The minimum atomic E-state index is -1.82. The lowest BCUT2D eigenvalue weighted by Crippen LogP contribution is -2.48. The lowest BCUT2D eigenvalue weighted by molar-refractivity contribution is -0.159. The van der Waals surface area contributed by atoms with E-state index in [4.69, 9.17) is 39.6 Å². The van der Waals surface area contributed by atoms with Crippen molar-refractivity contribution in [1.29, 1.82) is 0 Å². The van der Waals surface area contributed by atoms with Crippen LogP contribution >= 0.6 is 0 Å². The van der Waals surface area contributed by atoms with E-state index in [1.165, 1.54) is 51.4 Å². The van der Waals surface area contributed by atoms with Gasteiger partial charge in [0, 0.05) is 0 Å². The first-order valence-electron chi connectivity index (χ1n) is 10.7. The van der Waals surface area contributed by atoms with Gasteiger partial charge >= 0.3 is 23.9 Å². The van der Waals surface area contributed by atoms with Gasteiger partial charge in [0.05, 0.1) is 0 Å². The zero-order valence-corrected chi connectivity index (χ0v) is 18.0. The maximum atomic E-state index is 9.10. The third kappa shape index (κ3) is 5.35. The third-order valence-electron chi connectivity index (χ3n) is 7.71. The number of hydrogen-bond acceptors (Lipinski definition) is 4. The molecule has 0 aliphatic heterocycles. The number of fused-ring (bicyclic) bond motifs is 5. The molecule has 0 aromatic carbocycles. The molecule has 4 N–H and O–H groups in total. The standard InChI is InChI=1S/C19H28.2C2H2O4/c1-18-11-5-7-16(18)15-9-8-14-6-3-4-12-19(14,2)17(15)10-13-18;2*3-1(4)2(5)6/h5,8,11,15-17H,3-4,6-7,9-10,12-13H2,1-2H3;2*(H,3,4)(H,5,6)/t15-,16-,17-,18-,19-;;/m0../s1. The first-order chi connectivity index (χ1) is 14.4. The quantitative estimate of drug-likeness (QED) is 0.331. The Balaban J connectivity index is 0.000000238. The first kappa shape index (κ1) is 24.6. The monoisotopic (exact) mass is 436 g/mol. The van der Waals surface area contributed by atoms with Gasteiger partial charge in [-0.1, -0.05) is 44.1 Å². The fraction of sp³-hybridized carbons (Fsp3) is 0.652. The molecule has 4 rings (SSSR count). The number of hydrogen-bond donors (Lipinski definition) is 4. The minimum Gasteiger partial charge on any atom is -0.473 e. The van der Waals surface area contributed by atoms with Crippen LogP contribution in [0.2, 0.25) is 0 Å². The van der Waals surface area contributed by atoms with Crippen molar-refractivity contribution in [3.8, 4) is 0 Å². The van der Waals surface area contributed by atoms with E-state index >= 15 is 0 Å². The Bertz CT molecular complexity index is 749. The molecule has 8 heteroatoms. The van der Waals surface area contributed by atoms with Crippen LogP contribution in [0.1, 0.15) is 65.2 Å². The molecule has 8 nitrogen and oxygen atoms in total. The second-order valence-corrected chi connectivity index (χ2v) is 9.37. The molecule has 0 saturated heterocycles. The molecule has 0 aromatic rings. The maximum Gasteiger partial charge on any atom is 0.414 e. The van der Waals surface area contributed by atoms with Gasteiger partial charge < -0.3 is 20.4 Å². The van der Waals surface area contributed by atoms with Gasteiger partial charge in [0.2, 0.25) is 0 Å². The molecule has 4 aliphatic carbocycles. The molecule has 0 heterocycles. The predicted octanol–water partition coefficient (Wildman–Crippen LogP) is 3.82. The summed E-state index contributed by atoms with van der Waals surface area (Å²) < 4.78 is 0. The molecule has 0 amide bonds. The minimum absolute atomic E-state index is 0.539. The van der Waals surface area contributed by atoms with Crippen LogP contribution in [0.15, 0.2) is 23.8 Å². The molecule has 0 radical (unpaired) electrons. The Morgan fingerprint density at radius 2 is 1.42 bits per heavy atom. The Kier molecular flexibility index (Phi) is 7.68. The van der Waals surface area contributed by atoms with Crippen LogP contribution < -0.4 is 0 Å². The summed E-state index contributed by atoms with van der Waals surface area (Å²) >= 11 is 0. The van der Waals surface area contributed by atoms with Gasteiger partial charge in [-0.15, -0.1) is 0 Å². The zero-order chi connectivity index (χ0) is 23.4. The number of rotatable bonds is 0. The molecule has 4 aliphatic rings. The lowest BCUT2D eigenvalue weighted by atomic mass is 9.48. The van der Waals surface area contributed by atoms with Crippen LogP contribution in [-0.4, -0.2) is 44.3 Å². The van der Waals surface area contributed by atoms with Crippen LogP contribution in [0.5, 0.6) is 0 Å². The Labute approximate surface area is 181 Å². The van der Waals surface area contributed by atoms with E-state index in [-0.39, 0.29) is 0 Å². The van der Waals surface area contributed by atoms with E-state index in [1.54, 1.807) is 0 Å². The van der Waals surface area contributed by atoms with Crippen LogP contribution in [0.4, 0.5) is 0 Å². The second kappa shape index (κ2) is 9.66. The van der Waals surface area contributed by atoms with Crippen molar-refractivity contribution in [2.45, 2.75) is 65.2 Å². The summed E-state index contributed by atoms with van der Waals surface area (Å²) in [5.41, 5.74) is 2.96. The van der Waals surface area contributed by atoms with Crippen molar-refractivity contribution in [2.24, 2.45) is 28.6 Å². The molecular weight excluding hydrogens is 404 g/mol. The van der Waals surface area contributed by atoms with Gasteiger partial charge in [-0.2, -0.15) is 0 Å². The Morgan fingerprint density at radius 1 is 0.839 bits per heavy atom. The highest BCUT2D eigenvalue weighted by Gasteiger charge is 2.53. The molecule has 0 unspecified atom stereocenters. The Morgan fingerprint density at radius 3 is 1.97 bits per heavy atom. The number of carboxylic acids is 4. The van der Waals surface area contributed by atoms with Crippen molar-refractivity contribution >= 4 is 23.9 Å². The van der Waals surface area contributed by atoms with Crippen LogP contribution in [0, 0.1) is 28.6 Å². The fourth-order valence-electron chi connectivity index (χ4n) is 6.18. The van der Waals surface area contributed by atoms with Gasteiger partial charge in [0.15, 0.2) is 0 Å². The normalized spacial score (nSPS) is 34.8. The highest BCUT2D eigenvalue weighted by molar-refractivity contribution is 6.27. The van der Waals surface area contributed by atoms with E-state index in [2.05, 4.69) is 32.1 Å². The van der Waals surface area contributed by atoms with Crippen LogP contribution in [0.25, 0.3) is 0 Å². The average Bonchev–Trinajstić information content (AvgIpc) is 3.10. The largest absolute Gasteiger partial charge is 0.473 e. The average molecular weight is 437 g/mol. The number of aliphatic carboxylic acids is 4. The summed E-state index contributed by atoms with van der Waals surface area (Å²) in [5, 5.41) is 29.6. The van der Waals surface area contributed by atoms with Gasteiger partial charge in [0.25, 0.3) is 0 Å². The molecule has 2 fully saturated rings. The third-order valence-corrected chi connectivity index (χ3v) is 7.71. The second-order valence-electron chi connectivity index (χ2n) is 9.37. The van der Waals surface area contributed by atoms with E-state index in [0.717, 1.165) is 17.8 Å². The van der Waals surface area contributed by atoms with E-state index in [0.29, 0.717) is 10.8 Å². The van der Waals surface area contributed by atoms with Gasteiger partial charge in [-0.25, -0.2) is 19.2 Å². The Hall–Kier alpha value is -2.64. The summed E-state index contributed by atoms with van der Waals surface area (Å²) in [6, 6.07) is 0. The number of carboxylic acid groups (broad SMARTS) is 4. The predicted molar refractivity (Wildman–Crippen MR) is 111 cm³/mol. The molecule has 172 valence electrons. The van der Waals surface area contributed by atoms with Gasteiger partial charge in [-0.05, 0) is 73.5 Å². The SMILES string of the molecule is C[C@@]12C=CC[C@H]1[C@@H]1CC=C3CCCC[C@]3(C)[C@H]1CC2.O=C(O)C(=O)O.O=C(O)C(=O)O. The highest BCUT2D eigenvalue weighted by atomic mass is 16.4. The molecule has 5 atom stereocenters. The van der Waals surface area contributed by atoms with E-state index in [9.17, 15) is 0 Å². The molecular formula is C23H32O8. The molecule has 0 aromatic heterocycles. The first-order valence-corrected chi connectivity index (χ1v) is 10.7. The maximum absolute atomic E-state index is 9.10. The summed E-state index contributed by atoms with van der Waals surface area (Å²) in [4.78, 5) is 36.4. The molecule has 0 bridgehead atoms. The van der Waals surface area contributed by atoms with E-state index < -0.39 is 23.9 Å². The molecule has 31 heavy (non-hydrogen) atoms. The van der Waals surface area contributed by atoms with Crippen molar-refractivity contribution in [3.05, 3.63) is 23.8 Å². The number of allylic oxidation sites excluding steroid dienone is 4. The topological polar surface area (TPSA) is 149 Å².